The number of rotatable bonds is 4. The number of aliphatic carboxylic acids is 1. The Hall–Kier alpha value is -1.47. The standard InChI is InChI=1S/C10H9BrFNO4/c11-6-1-5(2-7(12)3-6)9(15)13-8(4-14)10(16)17/h1-3,8,14H,4H2,(H,13,15)(H,16,17)/t8-/m0/s1. The quantitative estimate of drug-likeness (QED) is 0.766. The van der Waals surface area contributed by atoms with Gasteiger partial charge >= 0.3 is 5.97 Å². The molecule has 0 bridgehead atoms. The fourth-order valence-electron chi connectivity index (χ4n) is 1.11. The van der Waals surface area contributed by atoms with Gasteiger partial charge in [-0.3, -0.25) is 4.79 Å². The Morgan fingerprint density at radius 3 is 2.53 bits per heavy atom. The zero-order valence-corrected chi connectivity index (χ0v) is 10.1. The minimum atomic E-state index is -1.41. The average Bonchev–Trinajstić information content (AvgIpc) is 2.23. The van der Waals surface area contributed by atoms with E-state index in [0.29, 0.717) is 4.47 Å². The van der Waals surface area contributed by atoms with Crippen LogP contribution >= 0.6 is 15.9 Å². The van der Waals surface area contributed by atoms with Crippen LogP contribution in [0.15, 0.2) is 22.7 Å². The van der Waals surface area contributed by atoms with Crippen LogP contribution in [0.1, 0.15) is 10.4 Å². The van der Waals surface area contributed by atoms with Crippen LogP contribution in [0.4, 0.5) is 4.39 Å². The van der Waals surface area contributed by atoms with Gasteiger partial charge < -0.3 is 15.5 Å². The van der Waals surface area contributed by atoms with Crippen LogP contribution in [-0.2, 0) is 4.79 Å². The molecule has 0 aromatic heterocycles. The van der Waals surface area contributed by atoms with Gasteiger partial charge in [0.05, 0.1) is 6.61 Å². The van der Waals surface area contributed by atoms with Gasteiger partial charge in [0, 0.05) is 10.0 Å². The summed E-state index contributed by atoms with van der Waals surface area (Å²) < 4.78 is 13.4. The number of hydrogen-bond acceptors (Lipinski definition) is 3. The van der Waals surface area contributed by atoms with Crippen LogP contribution in [-0.4, -0.2) is 34.7 Å². The number of amides is 1. The van der Waals surface area contributed by atoms with E-state index in [9.17, 15) is 14.0 Å². The van der Waals surface area contributed by atoms with Gasteiger partial charge in [0.1, 0.15) is 5.82 Å². The minimum absolute atomic E-state index is 0.0309. The summed E-state index contributed by atoms with van der Waals surface area (Å²) in [6, 6.07) is 2.06. The lowest BCUT2D eigenvalue weighted by molar-refractivity contribution is -0.140. The molecular weight excluding hydrogens is 297 g/mol. The topological polar surface area (TPSA) is 86.6 Å². The summed E-state index contributed by atoms with van der Waals surface area (Å²) in [5.41, 5.74) is -0.0309. The summed E-state index contributed by atoms with van der Waals surface area (Å²) in [4.78, 5) is 22.1. The monoisotopic (exact) mass is 305 g/mol. The van der Waals surface area contributed by atoms with Crippen molar-refractivity contribution in [2.24, 2.45) is 0 Å². The van der Waals surface area contributed by atoms with E-state index >= 15 is 0 Å². The third kappa shape index (κ3) is 3.79. The van der Waals surface area contributed by atoms with Gasteiger partial charge in [-0.1, -0.05) is 15.9 Å². The Morgan fingerprint density at radius 2 is 2.06 bits per heavy atom. The number of hydrogen-bond donors (Lipinski definition) is 3. The van der Waals surface area contributed by atoms with Gasteiger partial charge in [0.2, 0.25) is 0 Å². The van der Waals surface area contributed by atoms with Crippen LogP contribution in [0.2, 0.25) is 0 Å². The molecule has 0 saturated heterocycles. The number of halogens is 2. The molecule has 3 N–H and O–H groups in total. The molecule has 17 heavy (non-hydrogen) atoms. The zero-order chi connectivity index (χ0) is 13.0. The van der Waals surface area contributed by atoms with E-state index in [-0.39, 0.29) is 5.56 Å². The van der Waals surface area contributed by atoms with Crippen molar-refractivity contribution in [2.45, 2.75) is 6.04 Å². The Labute approximate surface area is 104 Å². The molecule has 0 aliphatic heterocycles. The molecule has 1 amide bonds. The number of carbonyl (C=O) groups is 2. The summed E-state index contributed by atoms with van der Waals surface area (Å²) in [6.07, 6.45) is 0. The molecule has 0 unspecified atom stereocenters. The molecule has 1 rings (SSSR count). The van der Waals surface area contributed by atoms with Gasteiger partial charge in [-0.25, -0.2) is 9.18 Å². The van der Waals surface area contributed by atoms with E-state index in [1.807, 2.05) is 0 Å². The largest absolute Gasteiger partial charge is 0.480 e. The fourth-order valence-corrected chi connectivity index (χ4v) is 1.58. The highest BCUT2D eigenvalue weighted by Crippen LogP contribution is 2.14. The van der Waals surface area contributed by atoms with Gasteiger partial charge in [0.25, 0.3) is 5.91 Å². The molecule has 92 valence electrons. The summed E-state index contributed by atoms with van der Waals surface area (Å²) in [5, 5.41) is 19.4. The molecule has 0 spiro atoms. The van der Waals surface area contributed by atoms with Gasteiger partial charge in [0.15, 0.2) is 6.04 Å². The number of nitrogens with one attached hydrogen (secondary N) is 1. The number of aliphatic hydroxyl groups is 1. The van der Waals surface area contributed by atoms with Crippen molar-refractivity contribution in [1.82, 2.24) is 5.32 Å². The lowest BCUT2D eigenvalue weighted by Crippen LogP contribution is -2.43. The molecule has 0 aliphatic carbocycles. The second-order valence-electron chi connectivity index (χ2n) is 3.20. The van der Waals surface area contributed by atoms with E-state index in [1.54, 1.807) is 0 Å². The van der Waals surface area contributed by atoms with Crippen molar-refractivity contribution in [3.05, 3.63) is 34.1 Å². The number of carboxylic acid groups (broad SMARTS) is 1. The van der Waals surface area contributed by atoms with E-state index in [0.717, 1.165) is 12.1 Å². The van der Waals surface area contributed by atoms with Crippen LogP contribution in [0.3, 0.4) is 0 Å². The van der Waals surface area contributed by atoms with Crippen molar-refractivity contribution in [3.63, 3.8) is 0 Å². The second-order valence-corrected chi connectivity index (χ2v) is 4.12. The van der Waals surface area contributed by atoms with Crippen molar-refractivity contribution in [1.29, 1.82) is 0 Å². The van der Waals surface area contributed by atoms with Crippen molar-refractivity contribution in [3.8, 4) is 0 Å². The number of carbonyl (C=O) groups excluding carboxylic acids is 1. The molecule has 0 heterocycles. The smallest absolute Gasteiger partial charge is 0.328 e. The molecule has 0 saturated carbocycles. The predicted octanol–water partition coefficient (Wildman–Crippen LogP) is 0.764. The first-order chi connectivity index (χ1) is 7.93. The predicted molar refractivity (Wildman–Crippen MR) is 60.1 cm³/mol. The van der Waals surface area contributed by atoms with E-state index in [1.165, 1.54) is 6.07 Å². The molecule has 0 fully saturated rings. The minimum Gasteiger partial charge on any atom is -0.480 e. The highest BCUT2D eigenvalue weighted by Gasteiger charge is 2.19. The van der Waals surface area contributed by atoms with Crippen molar-refractivity contribution < 1.29 is 24.2 Å². The highest BCUT2D eigenvalue weighted by molar-refractivity contribution is 9.10. The lowest BCUT2D eigenvalue weighted by Gasteiger charge is -2.11. The lowest BCUT2D eigenvalue weighted by atomic mass is 10.2. The number of carboxylic acids is 1. The van der Waals surface area contributed by atoms with E-state index < -0.39 is 30.3 Å². The molecule has 1 aromatic carbocycles. The van der Waals surface area contributed by atoms with Gasteiger partial charge in [-0.15, -0.1) is 0 Å². The second kappa shape index (κ2) is 5.74. The maximum atomic E-state index is 13.0. The third-order valence-electron chi connectivity index (χ3n) is 1.91. The molecule has 1 aromatic rings. The molecular formula is C10H9BrFNO4. The van der Waals surface area contributed by atoms with Crippen LogP contribution in [0.25, 0.3) is 0 Å². The maximum absolute atomic E-state index is 13.0. The molecule has 7 heteroatoms. The van der Waals surface area contributed by atoms with Crippen LogP contribution in [0.5, 0.6) is 0 Å². The van der Waals surface area contributed by atoms with Crippen LogP contribution < -0.4 is 5.32 Å². The first-order valence-corrected chi connectivity index (χ1v) is 5.34. The van der Waals surface area contributed by atoms with Gasteiger partial charge in [-0.05, 0) is 18.2 Å². The Bertz CT molecular complexity index is 432. The number of benzene rings is 1. The SMILES string of the molecule is O=C(N[C@@H](CO)C(=O)O)c1cc(F)cc(Br)c1. The Kier molecular flexibility index (Phi) is 4.59. The zero-order valence-electron chi connectivity index (χ0n) is 8.48. The van der Waals surface area contributed by atoms with Crippen molar-refractivity contribution >= 4 is 27.8 Å². The molecule has 5 nitrogen and oxygen atoms in total. The number of aliphatic hydroxyl groups excluding tert-OH is 1. The average molecular weight is 306 g/mol. The Balaban J connectivity index is 2.86. The molecule has 0 radical (unpaired) electrons. The Morgan fingerprint density at radius 1 is 1.41 bits per heavy atom. The summed E-state index contributed by atoms with van der Waals surface area (Å²) in [6.45, 7) is -0.739. The summed E-state index contributed by atoms with van der Waals surface area (Å²) in [7, 11) is 0. The normalized spacial score (nSPS) is 11.9. The first-order valence-electron chi connectivity index (χ1n) is 4.54. The molecule has 1 atom stereocenters. The first kappa shape index (κ1) is 13.6. The maximum Gasteiger partial charge on any atom is 0.328 e. The summed E-state index contributed by atoms with van der Waals surface area (Å²) >= 11 is 3.01. The van der Waals surface area contributed by atoms with Gasteiger partial charge in [-0.2, -0.15) is 0 Å². The van der Waals surface area contributed by atoms with E-state index in [4.69, 9.17) is 10.2 Å². The van der Waals surface area contributed by atoms with E-state index in [2.05, 4.69) is 21.2 Å². The summed E-state index contributed by atoms with van der Waals surface area (Å²) in [5.74, 6) is -2.76. The highest BCUT2D eigenvalue weighted by atomic mass is 79.9. The van der Waals surface area contributed by atoms with Crippen molar-refractivity contribution in [2.75, 3.05) is 6.61 Å². The fraction of sp³-hybridized carbons (Fsp3) is 0.200. The third-order valence-corrected chi connectivity index (χ3v) is 2.37. The van der Waals surface area contributed by atoms with Crippen LogP contribution in [0, 0.1) is 5.82 Å². The molecule has 0 aliphatic rings.